The van der Waals surface area contributed by atoms with Crippen LogP contribution in [0.25, 0.3) is 0 Å². The van der Waals surface area contributed by atoms with Crippen LogP contribution >= 0.6 is 0 Å². The second kappa shape index (κ2) is 7.00. The third-order valence-corrected chi connectivity index (χ3v) is 3.40. The second-order valence-electron chi connectivity index (χ2n) is 6.05. The van der Waals surface area contributed by atoms with Gasteiger partial charge >= 0.3 is 0 Å². The summed E-state index contributed by atoms with van der Waals surface area (Å²) in [5.41, 5.74) is 0. The van der Waals surface area contributed by atoms with E-state index < -0.39 is 0 Å². The van der Waals surface area contributed by atoms with Gasteiger partial charge in [0.2, 0.25) is 5.91 Å². The van der Waals surface area contributed by atoms with E-state index in [1.165, 1.54) is 0 Å². The van der Waals surface area contributed by atoms with Gasteiger partial charge < -0.3 is 10.2 Å². The van der Waals surface area contributed by atoms with Crippen LogP contribution in [-0.2, 0) is 4.79 Å². The van der Waals surface area contributed by atoms with Crippen LogP contribution in [0.3, 0.4) is 0 Å². The minimum atomic E-state index is 0.245. The van der Waals surface area contributed by atoms with Crippen molar-refractivity contribution in [2.45, 2.75) is 40.5 Å². The Morgan fingerprint density at radius 3 is 1.88 bits per heavy atom. The highest BCUT2D eigenvalue weighted by atomic mass is 16.2. The van der Waals surface area contributed by atoms with Gasteiger partial charge in [0.25, 0.3) is 0 Å². The Bertz CT molecular complexity index is 222. The van der Waals surface area contributed by atoms with Gasteiger partial charge in [-0.25, -0.2) is 0 Å². The topological polar surface area (TPSA) is 32.3 Å². The van der Waals surface area contributed by atoms with Crippen molar-refractivity contribution in [1.82, 2.24) is 10.2 Å². The number of rotatable bonds is 7. The molecule has 3 heteroatoms. The first kappa shape index (κ1) is 14.5. The number of carbonyl (C=O) groups excluding carboxylic acids is 1. The molecule has 1 amide bonds. The van der Waals surface area contributed by atoms with E-state index in [1.807, 2.05) is 0 Å². The fourth-order valence-electron chi connectivity index (χ4n) is 1.88. The Balaban J connectivity index is 2.41. The lowest BCUT2D eigenvalue weighted by atomic mass is 10.0. The summed E-state index contributed by atoms with van der Waals surface area (Å²) < 4.78 is 0. The van der Waals surface area contributed by atoms with E-state index in [1.54, 1.807) is 0 Å². The molecule has 1 rings (SSSR count). The van der Waals surface area contributed by atoms with Gasteiger partial charge in [0.15, 0.2) is 0 Å². The summed E-state index contributed by atoms with van der Waals surface area (Å²) >= 11 is 0. The molecule has 17 heavy (non-hydrogen) atoms. The van der Waals surface area contributed by atoms with Crippen molar-refractivity contribution in [1.29, 1.82) is 0 Å². The zero-order valence-electron chi connectivity index (χ0n) is 11.8. The lowest BCUT2D eigenvalue weighted by Gasteiger charge is -2.33. The molecule has 3 nitrogen and oxygen atoms in total. The van der Waals surface area contributed by atoms with Crippen LogP contribution in [0.2, 0.25) is 0 Å². The number of nitrogens with one attached hydrogen (secondary N) is 1. The first-order valence-electron chi connectivity index (χ1n) is 7.00. The van der Waals surface area contributed by atoms with Crippen LogP contribution in [0.1, 0.15) is 40.5 Å². The average Bonchev–Trinajstić information content (AvgIpc) is 2.13. The summed E-state index contributed by atoms with van der Waals surface area (Å²) in [6.45, 7) is 12.5. The van der Waals surface area contributed by atoms with E-state index in [0.717, 1.165) is 39.0 Å². The molecule has 1 N–H and O–H groups in total. The van der Waals surface area contributed by atoms with Crippen molar-refractivity contribution in [3.8, 4) is 0 Å². The van der Waals surface area contributed by atoms with E-state index in [0.29, 0.717) is 17.7 Å². The van der Waals surface area contributed by atoms with Crippen molar-refractivity contribution in [2.75, 3.05) is 26.2 Å². The Morgan fingerprint density at radius 1 is 1.12 bits per heavy atom. The molecular weight excluding hydrogens is 212 g/mol. The molecule has 0 aliphatic carbocycles. The Labute approximate surface area is 106 Å². The predicted octanol–water partition coefficient (Wildman–Crippen LogP) is 2.13. The number of nitrogens with zero attached hydrogens (tertiary/aromatic N) is 1. The van der Waals surface area contributed by atoms with Gasteiger partial charge in [0.1, 0.15) is 0 Å². The molecule has 0 aromatic carbocycles. The van der Waals surface area contributed by atoms with Gasteiger partial charge in [-0.15, -0.1) is 0 Å². The van der Waals surface area contributed by atoms with Gasteiger partial charge in [-0.2, -0.15) is 0 Å². The number of hydrogen-bond donors (Lipinski definition) is 1. The Kier molecular flexibility index (Phi) is 5.96. The lowest BCUT2D eigenvalue weighted by molar-refractivity contribution is -0.137. The van der Waals surface area contributed by atoms with Crippen LogP contribution in [0.5, 0.6) is 0 Å². The first-order chi connectivity index (χ1) is 8.00. The number of amides is 1. The van der Waals surface area contributed by atoms with Crippen molar-refractivity contribution in [3.63, 3.8) is 0 Å². The monoisotopic (exact) mass is 240 g/mol. The quantitative estimate of drug-likeness (QED) is 0.739. The molecule has 0 unspecified atom stereocenters. The molecule has 0 saturated carbocycles. The Hall–Kier alpha value is -0.570. The van der Waals surface area contributed by atoms with Gasteiger partial charge in [-0.3, -0.25) is 4.79 Å². The van der Waals surface area contributed by atoms with Crippen LogP contribution in [0.15, 0.2) is 0 Å². The zero-order valence-corrected chi connectivity index (χ0v) is 11.8. The second-order valence-corrected chi connectivity index (χ2v) is 6.05. The molecule has 1 fully saturated rings. The van der Waals surface area contributed by atoms with Gasteiger partial charge in [0, 0.05) is 26.2 Å². The fourth-order valence-corrected chi connectivity index (χ4v) is 1.88. The van der Waals surface area contributed by atoms with Crippen LogP contribution < -0.4 is 5.32 Å². The summed E-state index contributed by atoms with van der Waals surface area (Å²) in [5.74, 6) is 1.95. The standard InChI is InChI=1S/C14H28N2O/c1-11(2)5-7-16(8-6-12(3)4)14(17)13-9-15-10-13/h11-13,15H,5-10H2,1-4H3. The minimum absolute atomic E-state index is 0.245. The molecule has 0 spiro atoms. The SMILES string of the molecule is CC(C)CCN(CCC(C)C)C(=O)C1CNC1. The number of carbonyl (C=O) groups is 1. The molecule has 1 saturated heterocycles. The highest BCUT2D eigenvalue weighted by Crippen LogP contribution is 2.13. The summed E-state index contributed by atoms with van der Waals surface area (Å²) in [6, 6.07) is 0. The van der Waals surface area contributed by atoms with Gasteiger partial charge in [0.05, 0.1) is 5.92 Å². The maximum Gasteiger partial charge on any atom is 0.228 e. The summed E-state index contributed by atoms with van der Waals surface area (Å²) in [4.78, 5) is 14.3. The highest BCUT2D eigenvalue weighted by molar-refractivity contribution is 5.80. The van der Waals surface area contributed by atoms with E-state index in [-0.39, 0.29) is 5.92 Å². The lowest BCUT2D eigenvalue weighted by Crippen LogP contribution is -2.52. The van der Waals surface area contributed by atoms with E-state index >= 15 is 0 Å². The normalized spacial score (nSPS) is 16.4. The highest BCUT2D eigenvalue weighted by Gasteiger charge is 2.28. The maximum absolute atomic E-state index is 12.2. The molecule has 0 atom stereocenters. The molecule has 0 aromatic heterocycles. The van der Waals surface area contributed by atoms with Crippen molar-refractivity contribution >= 4 is 5.91 Å². The van der Waals surface area contributed by atoms with Crippen molar-refractivity contribution < 1.29 is 4.79 Å². The van der Waals surface area contributed by atoms with E-state index in [9.17, 15) is 4.79 Å². The molecule has 0 bridgehead atoms. The van der Waals surface area contributed by atoms with Crippen LogP contribution in [0.4, 0.5) is 0 Å². The predicted molar refractivity (Wildman–Crippen MR) is 71.8 cm³/mol. The van der Waals surface area contributed by atoms with E-state index in [4.69, 9.17) is 0 Å². The fraction of sp³-hybridized carbons (Fsp3) is 0.929. The molecule has 0 aromatic rings. The zero-order chi connectivity index (χ0) is 12.8. The molecule has 100 valence electrons. The third kappa shape index (κ3) is 5.07. The summed E-state index contributed by atoms with van der Waals surface area (Å²) in [7, 11) is 0. The average molecular weight is 240 g/mol. The maximum atomic E-state index is 12.2. The largest absolute Gasteiger partial charge is 0.342 e. The van der Waals surface area contributed by atoms with Crippen LogP contribution in [-0.4, -0.2) is 37.0 Å². The van der Waals surface area contributed by atoms with E-state index in [2.05, 4.69) is 37.9 Å². The van der Waals surface area contributed by atoms with Crippen molar-refractivity contribution in [3.05, 3.63) is 0 Å². The smallest absolute Gasteiger partial charge is 0.228 e. The molecule has 0 radical (unpaired) electrons. The molecule has 1 aliphatic rings. The molecular formula is C14H28N2O. The third-order valence-electron chi connectivity index (χ3n) is 3.40. The Morgan fingerprint density at radius 2 is 1.59 bits per heavy atom. The summed E-state index contributed by atoms with van der Waals surface area (Å²) in [6.07, 6.45) is 2.23. The number of hydrogen-bond acceptors (Lipinski definition) is 2. The summed E-state index contributed by atoms with van der Waals surface area (Å²) in [5, 5.41) is 3.18. The first-order valence-corrected chi connectivity index (χ1v) is 7.00. The van der Waals surface area contributed by atoms with Gasteiger partial charge in [-0.05, 0) is 24.7 Å². The van der Waals surface area contributed by atoms with Crippen molar-refractivity contribution in [2.24, 2.45) is 17.8 Å². The van der Waals surface area contributed by atoms with Gasteiger partial charge in [-0.1, -0.05) is 27.7 Å². The minimum Gasteiger partial charge on any atom is -0.342 e. The van der Waals surface area contributed by atoms with Crippen LogP contribution in [0, 0.1) is 17.8 Å². The molecule has 1 aliphatic heterocycles. The molecule has 1 heterocycles.